The minimum Gasteiger partial charge on any atom is -0.324 e. The average Bonchev–Trinajstić information content (AvgIpc) is 2.31. The number of rotatable bonds is 0. The first-order valence-electron chi connectivity index (χ1n) is 5.69. The number of nitrogens with one attached hydrogen (secondary N) is 1. The van der Waals surface area contributed by atoms with Crippen LogP contribution in [0.25, 0.3) is 0 Å². The number of sulfone groups is 1. The van der Waals surface area contributed by atoms with Crippen molar-refractivity contribution in [1.82, 2.24) is 0 Å². The largest absolute Gasteiger partial charge is 0.416 e. The van der Waals surface area contributed by atoms with E-state index in [2.05, 4.69) is 5.32 Å². The van der Waals surface area contributed by atoms with E-state index in [-0.39, 0.29) is 10.6 Å². The van der Waals surface area contributed by atoms with Gasteiger partial charge in [-0.3, -0.25) is 4.79 Å². The molecule has 1 amide bonds. The molecule has 0 atom stereocenters. The standard InChI is InChI=1S/C12H12F3NO3S/c1-11(2)6-20(18,19)9-4-3-7(12(13,14)15)5-8(9)16-10(11)17/h3-5H,6H2,1-2H3,(H,16,17). The SMILES string of the molecule is CC1(C)CS(=O)(=O)c2ccc(C(F)(F)F)cc2NC1=O. The lowest BCUT2D eigenvalue weighted by atomic mass is 9.95. The predicted molar refractivity (Wildman–Crippen MR) is 65.9 cm³/mol. The monoisotopic (exact) mass is 307 g/mol. The van der Waals surface area contributed by atoms with Gasteiger partial charge in [0, 0.05) is 0 Å². The Kier molecular flexibility index (Phi) is 3.12. The molecule has 0 saturated carbocycles. The van der Waals surface area contributed by atoms with Gasteiger partial charge >= 0.3 is 6.18 Å². The molecule has 1 aliphatic rings. The number of benzene rings is 1. The Morgan fingerprint density at radius 2 is 1.85 bits per heavy atom. The maximum atomic E-state index is 12.6. The zero-order chi connectivity index (χ0) is 15.3. The first-order valence-corrected chi connectivity index (χ1v) is 7.34. The molecule has 0 bridgehead atoms. The van der Waals surface area contributed by atoms with Gasteiger partial charge in [-0.25, -0.2) is 8.42 Å². The van der Waals surface area contributed by atoms with Crippen molar-refractivity contribution < 1.29 is 26.4 Å². The van der Waals surface area contributed by atoms with E-state index in [1.54, 1.807) is 0 Å². The van der Waals surface area contributed by atoms with Crippen molar-refractivity contribution in [2.45, 2.75) is 24.9 Å². The molecule has 0 aromatic heterocycles. The van der Waals surface area contributed by atoms with Gasteiger partial charge in [0.2, 0.25) is 5.91 Å². The zero-order valence-electron chi connectivity index (χ0n) is 10.7. The minimum absolute atomic E-state index is 0.288. The molecular formula is C12H12F3NO3S. The van der Waals surface area contributed by atoms with E-state index < -0.39 is 38.7 Å². The smallest absolute Gasteiger partial charge is 0.324 e. The summed E-state index contributed by atoms with van der Waals surface area (Å²) in [5.41, 5.74) is -2.54. The molecule has 0 saturated heterocycles. The fraction of sp³-hybridized carbons (Fsp3) is 0.417. The molecule has 1 heterocycles. The van der Waals surface area contributed by atoms with Crippen molar-refractivity contribution in [3.05, 3.63) is 23.8 Å². The van der Waals surface area contributed by atoms with Gasteiger partial charge in [0.15, 0.2) is 9.84 Å². The Morgan fingerprint density at radius 1 is 1.25 bits per heavy atom. The molecule has 0 unspecified atom stereocenters. The summed E-state index contributed by atoms with van der Waals surface area (Å²) >= 11 is 0. The van der Waals surface area contributed by atoms with Gasteiger partial charge in [0.1, 0.15) is 0 Å². The van der Waals surface area contributed by atoms with E-state index in [1.165, 1.54) is 13.8 Å². The molecule has 2 rings (SSSR count). The lowest BCUT2D eigenvalue weighted by Gasteiger charge is -2.18. The summed E-state index contributed by atoms with van der Waals surface area (Å²) in [5, 5.41) is 2.26. The number of carbonyl (C=O) groups excluding carboxylic acids is 1. The Balaban J connectivity index is 2.65. The molecule has 0 spiro atoms. The molecule has 8 heteroatoms. The highest BCUT2D eigenvalue weighted by molar-refractivity contribution is 7.91. The maximum absolute atomic E-state index is 12.6. The fourth-order valence-corrected chi connectivity index (χ4v) is 3.94. The van der Waals surface area contributed by atoms with Crippen LogP contribution >= 0.6 is 0 Å². The Morgan fingerprint density at radius 3 is 2.40 bits per heavy atom. The van der Waals surface area contributed by atoms with Crippen LogP contribution in [-0.2, 0) is 20.8 Å². The molecule has 0 radical (unpaired) electrons. The highest BCUT2D eigenvalue weighted by Gasteiger charge is 2.40. The number of alkyl halides is 3. The lowest BCUT2D eigenvalue weighted by Crippen LogP contribution is -2.34. The molecule has 4 nitrogen and oxygen atoms in total. The van der Waals surface area contributed by atoms with Crippen molar-refractivity contribution >= 4 is 21.4 Å². The van der Waals surface area contributed by atoms with Crippen molar-refractivity contribution in [2.75, 3.05) is 11.1 Å². The third kappa shape index (κ3) is 2.52. The summed E-state index contributed by atoms with van der Waals surface area (Å²) in [6.07, 6.45) is -4.61. The summed E-state index contributed by atoms with van der Waals surface area (Å²) in [7, 11) is -3.83. The second-order valence-corrected chi connectivity index (χ2v) is 7.26. The summed E-state index contributed by atoms with van der Waals surface area (Å²) in [6.45, 7) is 2.85. The van der Waals surface area contributed by atoms with Crippen LogP contribution in [0.3, 0.4) is 0 Å². The Bertz CT molecular complexity index is 678. The molecule has 0 fully saturated rings. The van der Waals surface area contributed by atoms with Crippen LogP contribution in [0.5, 0.6) is 0 Å². The van der Waals surface area contributed by atoms with E-state index in [0.29, 0.717) is 12.1 Å². The van der Waals surface area contributed by atoms with Crippen LogP contribution in [0.1, 0.15) is 19.4 Å². The number of fused-ring (bicyclic) bond motifs is 1. The van der Waals surface area contributed by atoms with Crippen LogP contribution in [0.2, 0.25) is 0 Å². The topological polar surface area (TPSA) is 63.2 Å². The number of hydrogen-bond donors (Lipinski definition) is 1. The van der Waals surface area contributed by atoms with Crippen molar-refractivity contribution in [2.24, 2.45) is 5.41 Å². The van der Waals surface area contributed by atoms with E-state index in [0.717, 1.165) is 6.07 Å². The molecule has 0 aliphatic carbocycles. The van der Waals surface area contributed by atoms with E-state index >= 15 is 0 Å². The molecule has 1 aromatic carbocycles. The van der Waals surface area contributed by atoms with Crippen LogP contribution < -0.4 is 5.32 Å². The third-order valence-corrected chi connectivity index (χ3v) is 5.18. The van der Waals surface area contributed by atoms with Gasteiger partial charge in [-0.05, 0) is 18.2 Å². The quantitative estimate of drug-likeness (QED) is 0.801. The van der Waals surface area contributed by atoms with Gasteiger partial charge in [0.05, 0.1) is 27.3 Å². The van der Waals surface area contributed by atoms with E-state index in [1.807, 2.05) is 0 Å². The first-order chi connectivity index (χ1) is 8.93. The van der Waals surface area contributed by atoms with Crippen molar-refractivity contribution in [1.29, 1.82) is 0 Å². The predicted octanol–water partition coefficient (Wildman–Crippen LogP) is 2.46. The summed E-state index contributed by atoms with van der Waals surface area (Å²) in [6, 6.07) is 2.22. The highest BCUT2D eigenvalue weighted by atomic mass is 32.2. The molecule has 20 heavy (non-hydrogen) atoms. The third-order valence-electron chi connectivity index (χ3n) is 3.06. The molecule has 1 N–H and O–H groups in total. The second kappa shape index (κ2) is 4.21. The number of hydrogen-bond acceptors (Lipinski definition) is 3. The van der Waals surface area contributed by atoms with E-state index in [4.69, 9.17) is 0 Å². The van der Waals surface area contributed by atoms with Crippen molar-refractivity contribution in [3.8, 4) is 0 Å². The summed E-state index contributed by atoms with van der Waals surface area (Å²) < 4.78 is 62.2. The molecule has 1 aliphatic heterocycles. The summed E-state index contributed by atoms with van der Waals surface area (Å²) in [4.78, 5) is 11.6. The van der Waals surface area contributed by atoms with Gasteiger partial charge in [-0.15, -0.1) is 0 Å². The maximum Gasteiger partial charge on any atom is 0.416 e. The van der Waals surface area contributed by atoms with Crippen LogP contribution in [0.4, 0.5) is 18.9 Å². The summed E-state index contributed by atoms with van der Waals surface area (Å²) in [5.74, 6) is -1.08. The van der Waals surface area contributed by atoms with Gasteiger partial charge < -0.3 is 5.32 Å². The molecule has 110 valence electrons. The zero-order valence-corrected chi connectivity index (χ0v) is 11.5. The van der Waals surface area contributed by atoms with E-state index in [9.17, 15) is 26.4 Å². The molecular weight excluding hydrogens is 295 g/mol. The van der Waals surface area contributed by atoms with Crippen LogP contribution in [0, 0.1) is 5.41 Å². The van der Waals surface area contributed by atoms with Crippen LogP contribution in [0.15, 0.2) is 23.1 Å². The number of anilines is 1. The fourth-order valence-electron chi connectivity index (χ4n) is 1.99. The van der Waals surface area contributed by atoms with Gasteiger partial charge in [-0.1, -0.05) is 13.8 Å². The normalized spacial score (nSPS) is 20.8. The second-order valence-electron chi connectivity index (χ2n) is 5.31. The lowest BCUT2D eigenvalue weighted by molar-refractivity contribution is -0.137. The van der Waals surface area contributed by atoms with Crippen LogP contribution in [-0.4, -0.2) is 20.1 Å². The number of halogens is 3. The van der Waals surface area contributed by atoms with Gasteiger partial charge in [-0.2, -0.15) is 13.2 Å². The number of carbonyl (C=O) groups is 1. The Labute approximate surface area is 113 Å². The van der Waals surface area contributed by atoms with Gasteiger partial charge in [0.25, 0.3) is 0 Å². The average molecular weight is 307 g/mol. The van der Waals surface area contributed by atoms with Crippen molar-refractivity contribution in [3.63, 3.8) is 0 Å². The molecule has 1 aromatic rings. The first kappa shape index (κ1) is 14.8. The Hall–Kier alpha value is -1.57. The number of amides is 1. The minimum atomic E-state index is -4.61. The highest BCUT2D eigenvalue weighted by Crippen LogP contribution is 2.37.